The first-order chi connectivity index (χ1) is 16.6. The molecule has 0 atom stereocenters. The largest absolute Gasteiger partial charge is 0.496 e. The Bertz CT molecular complexity index is 1200. The van der Waals surface area contributed by atoms with Crippen molar-refractivity contribution in [3.05, 3.63) is 52.6 Å². The molecule has 2 aliphatic rings. The smallest absolute Gasteiger partial charge is 0.253 e. The van der Waals surface area contributed by atoms with Gasteiger partial charge in [-0.1, -0.05) is 0 Å². The molecule has 0 aromatic heterocycles. The van der Waals surface area contributed by atoms with Gasteiger partial charge in [0.25, 0.3) is 5.91 Å². The van der Waals surface area contributed by atoms with Crippen LogP contribution in [0, 0.1) is 26.2 Å². The third-order valence-corrected chi connectivity index (χ3v) is 9.86. The maximum Gasteiger partial charge on any atom is 0.253 e. The highest BCUT2D eigenvalue weighted by Gasteiger charge is 2.45. The molecule has 0 N–H and O–H groups in total. The van der Waals surface area contributed by atoms with Crippen molar-refractivity contribution in [3.63, 3.8) is 0 Å². The van der Waals surface area contributed by atoms with E-state index in [0.29, 0.717) is 54.6 Å². The summed E-state index contributed by atoms with van der Waals surface area (Å²) >= 11 is 0. The fourth-order valence-corrected chi connectivity index (χ4v) is 7.53. The number of carbonyl (C=O) groups excluding carboxylic acids is 1. The molecule has 8 heteroatoms. The lowest BCUT2D eigenvalue weighted by Gasteiger charge is -2.39. The molecule has 2 fully saturated rings. The number of likely N-dealkylation sites (tertiary alicyclic amines) is 1. The summed E-state index contributed by atoms with van der Waals surface area (Å²) < 4.78 is 39.9. The summed E-state index contributed by atoms with van der Waals surface area (Å²) in [4.78, 5) is 15.3. The monoisotopic (exact) mass is 500 g/mol. The zero-order valence-electron chi connectivity index (χ0n) is 21.4. The van der Waals surface area contributed by atoms with E-state index in [1.807, 2.05) is 62.9 Å². The van der Waals surface area contributed by atoms with Crippen molar-refractivity contribution in [2.75, 3.05) is 39.9 Å². The minimum absolute atomic E-state index is 0.0188. The van der Waals surface area contributed by atoms with Gasteiger partial charge >= 0.3 is 0 Å². The Morgan fingerprint density at radius 3 is 2.23 bits per heavy atom. The van der Waals surface area contributed by atoms with Gasteiger partial charge in [-0.05, 0) is 99.4 Å². The number of sulfonamides is 1. The third kappa shape index (κ3) is 4.78. The van der Waals surface area contributed by atoms with Crippen molar-refractivity contribution >= 4 is 15.9 Å². The SMILES string of the molecule is CCOc1ccc(C(=O)N2CCC3(CC2)CCN(S(=O)(=O)c2c(C)cc(OC)c(C)c2C)C3)cc1. The molecule has 190 valence electrons. The Morgan fingerprint density at radius 2 is 1.63 bits per heavy atom. The minimum Gasteiger partial charge on any atom is -0.496 e. The Labute approximate surface area is 209 Å². The molecule has 2 aromatic carbocycles. The van der Waals surface area contributed by atoms with E-state index in [4.69, 9.17) is 9.47 Å². The molecule has 0 aliphatic carbocycles. The summed E-state index contributed by atoms with van der Waals surface area (Å²) in [5, 5.41) is 0. The van der Waals surface area contributed by atoms with Crippen LogP contribution >= 0.6 is 0 Å². The molecule has 4 rings (SSSR count). The lowest BCUT2D eigenvalue weighted by atomic mass is 9.78. The Balaban J connectivity index is 1.45. The van der Waals surface area contributed by atoms with Gasteiger partial charge in [-0.15, -0.1) is 0 Å². The fourth-order valence-electron chi connectivity index (χ4n) is 5.49. The summed E-state index contributed by atoms with van der Waals surface area (Å²) in [5.41, 5.74) is 2.89. The number of benzene rings is 2. The van der Waals surface area contributed by atoms with Crippen molar-refractivity contribution in [1.82, 2.24) is 9.21 Å². The molecule has 0 saturated carbocycles. The van der Waals surface area contributed by atoms with Gasteiger partial charge < -0.3 is 14.4 Å². The first kappa shape index (κ1) is 25.5. The van der Waals surface area contributed by atoms with Crippen LogP contribution in [-0.4, -0.2) is 63.4 Å². The number of rotatable bonds is 6. The van der Waals surface area contributed by atoms with Gasteiger partial charge in [-0.25, -0.2) is 8.42 Å². The van der Waals surface area contributed by atoms with E-state index < -0.39 is 10.0 Å². The fraction of sp³-hybridized carbons (Fsp3) is 0.519. The van der Waals surface area contributed by atoms with Gasteiger partial charge in [0.1, 0.15) is 11.5 Å². The summed E-state index contributed by atoms with van der Waals surface area (Å²) in [7, 11) is -2.02. The second-order valence-corrected chi connectivity index (χ2v) is 11.7. The van der Waals surface area contributed by atoms with E-state index in [1.54, 1.807) is 11.4 Å². The van der Waals surface area contributed by atoms with Crippen LogP contribution in [-0.2, 0) is 10.0 Å². The normalized spacial score (nSPS) is 18.1. The summed E-state index contributed by atoms with van der Waals surface area (Å²) in [6.45, 7) is 10.4. The van der Waals surface area contributed by atoms with Crippen LogP contribution in [0.1, 0.15) is 53.2 Å². The number of piperidine rings is 1. The first-order valence-corrected chi connectivity index (χ1v) is 13.7. The number of aryl methyl sites for hydroxylation is 1. The molecule has 7 nitrogen and oxygen atoms in total. The van der Waals surface area contributed by atoms with Crippen LogP contribution in [0.25, 0.3) is 0 Å². The lowest BCUT2D eigenvalue weighted by Crippen LogP contribution is -2.44. The molecule has 2 aliphatic heterocycles. The van der Waals surface area contributed by atoms with Crippen molar-refractivity contribution in [2.45, 2.75) is 51.9 Å². The molecule has 2 saturated heterocycles. The topological polar surface area (TPSA) is 76.2 Å². The zero-order valence-corrected chi connectivity index (χ0v) is 22.2. The third-order valence-electron chi connectivity index (χ3n) is 7.72. The maximum atomic E-state index is 13.7. The Morgan fingerprint density at radius 1 is 1.00 bits per heavy atom. The molecule has 0 bridgehead atoms. The van der Waals surface area contributed by atoms with Gasteiger partial charge in [0.05, 0.1) is 18.6 Å². The van der Waals surface area contributed by atoms with E-state index in [0.717, 1.165) is 36.1 Å². The molecule has 1 spiro atoms. The minimum atomic E-state index is -3.62. The van der Waals surface area contributed by atoms with Crippen LogP contribution in [0.5, 0.6) is 11.5 Å². The van der Waals surface area contributed by atoms with Gasteiger partial charge in [0, 0.05) is 31.7 Å². The Hall–Kier alpha value is -2.58. The standard InChI is InChI=1S/C27H36N2O5S/c1-6-34-23-9-7-22(8-10-23)26(30)28-14-11-27(12-15-28)13-16-29(18-27)35(31,32)25-19(2)17-24(33-5)20(3)21(25)4/h7-10,17H,6,11-16,18H2,1-5H3. The molecule has 2 aromatic rings. The highest BCUT2D eigenvalue weighted by molar-refractivity contribution is 7.89. The van der Waals surface area contributed by atoms with E-state index in [2.05, 4.69) is 0 Å². The molecule has 0 radical (unpaired) electrons. The van der Waals surface area contributed by atoms with Crippen molar-refractivity contribution in [2.24, 2.45) is 5.41 Å². The second kappa shape index (κ2) is 9.82. The number of hydrogen-bond acceptors (Lipinski definition) is 5. The second-order valence-electron chi connectivity index (χ2n) is 9.81. The summed E-state index contributed by atoms with van der Waals surface area (Å²) in [6.07, 6.45) is 2.44. The van der Waals surface area contributed by atoms with Crippen molar-refractivity contribution in [1.29, 1.82) is 0 Å². The predicted octanol–water partition coefficient (Wildman–Crippen LogP) is 4.34. The van der Waals surface area contributed by atoms with Gasteiger partial charge in [0.15, 0.2) is 0 Å². The van der Waals surface area contributed by atoms with Gasteiger partial charge in [0.2, 0.25) is 10.0 Å². The van der Waals surface area contributed by atoms with Gasteiger partial charge in [-0.2, -0.15) is 4.31 Å². The number of carbonyl (C=O) groups is 1. The quantitative estimate of drug-likeness (QED) is 0.590. The number of ether oxygens (including phenoxy) is 2. The van der Waals surface area contributed by atoms with Gasteiger partial charge in [-0.3, -0.25) is 4.79 Å². The molecular formula is C27H36N2O5S. The van der Waals surface area contributed by atoms with E-state index in [9.17, 15) is 13.2 Å². The number of methoxy groups -OCH3 is 1. The number of amides is 1. The summed E-state index contributed by atoms with van der Waals surface area (Å²) in [6, 6.07) is 9.08. The van der Waals surface area contributed by atoms with Crippen LogP contribution in [0.15, 0.2) is 35.2 Å². The van der Waals surface area contributed by atoms with Crippen molar-refractivity contribution in [3.8, 4) is 11.5 Å². The molecule has 1 amide bonds. The average molecular weight is 501 g/mol. The Kier molecular flexibility index (Phi) is 7.16. The highest BCUT2D eigenvalue weighted by Crippen LogP contribution is 2.43. The zero-order chi connectivity index (χ0) is 25.4. The van der Waals surface area contributed by atoms with E-state index in [1.165, 1.54) is 0 Å². The predicted molar refractivity (Wildman–Crippen MR) is 136 cm³/mol. The first-order valence-electron chi connectivity index (χ1n) is 12.3. The molecular weight excluding hydrogens is 464 g/mol. The molecule has 2 heterocycles. The van der Waals surface area contributed by atoms with Crippen LogP contribution < -0.4 is 9.47 Å². The maximum absolute atomic E-state index is 13.7. The van der Waals surface area contributed by atoms with Crippen LogP contribution in [0.4, 0.5) is 0 Å². The molecule has 0 unspecified atom stereocenters. The highest BCUT2D eigenvalue weighted by atomic mass is 32.2. The summed E-state index contributed by atoms with van der Waals surface area (Å²) in [5.74, 6) is 1.48. The van der Waals surface area contributed by atoms with E-state index >= 15 is 0 Å². The van der Waals surface area contributed by atoms with E-state index in [-0.39, 0.29) is 11.3 Å². The lowest BCUT2D eigenvalue weighted by molar-refractivity contribution is 0.0599. The number of hydrogen-bond donors (Lipinski definition) is 0. The van der Waals surface area contributed by atoms with Crippen molar-refractivity contribution < 1.29 is 22.7 Å². The van der Waals surface area contributed by atoms with Crippen LogP contribution in [0.2, 0.25) is 0 Å². The number of nitrogens with zero attached hydrogens (tertiary/aromatic N) is 2. The average Bonchev–Trinajstić information content (AvgIpc) is 3.26. The van der Waals surface area contributed by atoms with Crippen LogP contribution in [0.3, 0.4) is 0 Å². The molecule has 35 heavy (non-hydrogen) atoms.